The molecule has 10 heteroatoms. The number of likely N-dealkylation sites (tertiary alicyclic amines) is 1. The zero-order valence-corrected chi connectivity index (χ0v) is 25.0. The summed E-state index contributed by atoms with van der Waals surface area (Å²) < 4.78 is 17.2. The number of aromatic nitrogens is 2. The second-order valence-electron chi connectivity index (χ2n) is 10.2. The number of benzene rings is 2. The Kier molecular flexibility index (Phi) is 8.19. The number of hydrogen-bond donors (Lipinski definition) is 0. The van der Waals surface area contributed by atoms with Gasteiger partial charge in [0.25, 0.3) is 0 Å². The van der Waals surface area contributed by atoms with Gasteiger partial charge in [0.15, 0.2) is 0 Å². The number of nitrogens with zero attached hydrogens (tertiary/aromatic N) is 3. The van der Waals surface area contributed by atoms with Crippen molar-refractivity contribution in [3.05, 3.63) is 61.8 Å². The average molecular weight is 589 g/mol. The molecule has 1 aliphatic heterocycles. The molecule has 1 aliphatic rings. The van der Waals surface area contributed by atoms with Crippen LogP contribution in [0.4, 0.5) is 0 Å². The van der Waals surface area contributed by atoms with Crippen LogP contribution in [-0.2, 0) is 11.3 Å². The summed E-state index contributed by atoms with van der Waals surface area (Å²) in [4.78, 5) is 19.5. The number of aryl methyl sites for hydroxylation is 1. The first-order valence-corrected chi connectivity index (χ1v) is 14.5. The number of piperidine rings is 1. The molecule has 0 N–H and O–H groups in total. The number of ether oxygens (including phenoxy) is 2. The zero-order valence-electron chi connectivity index (χ0n) is 22.6. The van der Waals surface area contributed by atoms with Crippen LogP contribution in [0.5, 0.6) is 5.75 Å². The highest BCUT2D eigenvalue weighted by Gasteiger charge is 2.29. The fraction of sp³-hybridized carbons (Fsp3) is 0.414. The molecule has 39 heavy (non-hydrogen) atoms. The second kappa shape index (κ2) is 11.5. The lowest BCUT2D eigenvalue weighted by Gasteiger charge is -2.31. The van der Waals surface area contributed by atoms with Gasteiger partial charge in [-0.2, -0.15) is 0 Å². The van der Waals surface area contributed by atoms with E-state index < -0.39 is 0 Å². The van der Waals surface area contributed by atoms with Gasteiger partial charge in [0.2, 0.25) is 0 Å². The first kappa shape index (κ1) is 27.9. The average Bonchev–Trinajstić information content (AvgIpc) is 3.55. The van der Waals surface area contributed by atoms with Crippen LogP contribution in [0.25, 0.3) is 21.5 Å². The number of hydrogen-bond acceptors (Lipinski definition) is 8. The van der Waals surface area contributed by atoms with Gasteiger partial charge in [-0.25, -0.2) is 9.78 Å². The van der Waals surface area contributed by atoms with Crippen LogP contribution in [0.1, 0.15) is 70.8 Å². The molecule has 4 aromatic rings. The minimum Gasteiger partial charge on any atom is -0.494 e. The Labute approximate surface area is 242 Å². The fourth-order valence-electron chi connectivity index (χ4n) is 5.14. The van der Waals surface area contributed by atoms with Crippen LogP contribution < -0.4 is 4.74 Å². The molecule has 0 bridgehead atoms. The first-order chi connectivity index (χ1) is 18.7. The predicted octanol–water partition coefficient (Wildman–Crippen LogP) is 7.86. The van der Waals surface area contributed by atoms with Crippen molar-refractivity contribution in [3.63, 3.8) is 0 Å². The number of esters is 1. The SMILES string of the molecule is COC(=O)c1cc(OC)c2nc(C3CCN(Cc4c(-c5c(Cl)ccc(C)c5Cl)noc4C(C)C)CC3)sc2c1. The number of thiazole rings is 1. The smallest absolute Gasteiger partial charge is 0.338 e. The summed E-state index contributed by atoms with van der Waals surface area (Å²) in [6.45, 7) is 8.68. The van der Waals surface area contributed by atoms with Crippen molar-refractivity contribution in [1.82, 2.24) is 15.0 Å². The van der Waals surface area contributed by atoms with E-state index in [1.807, 2.05) is 25.1 Å². The Balaban J connectivity index is 1.37. The van der Waals surface area contributed by atoms with E-state index in [-0.39, 0.29) is 11.9 Å². The molecule has 0 radical (unpaired) electrons. The lowest BCUT2D eigenvalue weighted by molar-refractivity contribution is 0.0600. The van der Waals surface area contributed by atoms with E-state index in [0.717, 1.165) is 69.3 Å². The summed E-state index contributed by atoms with van der Waals surface area (Å²) in [6.07, 6.45) is 1.94. The van der Waals surface area contributed by atoms with Gasteiger partial charge in [0, 0.05) is 29.5 Å². The molecular weight excluding hydrogens is 557 g/mol. The Morgan fingerprint density at radius 3 is 2.62 bits per heavy atom. The molecule has 0 spiro atoms. The van der Waals surface area contributed by atoms with Crippen molar-refractivity contribution >= 4 is 50.7 Å². The van der Waals surface area contributed by atoms with Crippen molar-refractivity contribution in [2.45, 2.75) is 52.0 Å². The van der Waals surface area contributed by atoms with Crippen LogP contribution in [0.3, 0.4) is 0 Å². The normalized spacial score (nSPS) is 14.9. The van der Waals surface area contributed by atoms with Crippen LogP contribution in [0, 0.1) is 6.92 Å². The van der Waals surface area contributed by atoms with Gasteiger partial charge >= 0.3 is 5.97 Å². The molecule has 206 valence electrons. The molecule has 1 saturated heterocycles. The van der Waals surface area contributed by atoms with E-state index in [2.05, 4.69) is 23.9 Å². The summed E-state index contributed by atoms with van der Waals surface area (Å²) in [6, 6.07) is 7.30. The molecule has 0 saturated carbocycles. The lowest BCUT2D eigenvalue weighted by Crippen LogP contribution is -2.32. The standard InChI is InChI=1S/C29H31Cl2N3O4S/c1-15(2)27-19(25(33-38-27)23-20(30)7-6-16(3)24(23)31)14-34-10-8-17(9-11-34)28-32-26-21(36-4)12-18(29(35)37-5)13-22(26)39-28/h6-7,12-13,15,17H,8-11,14H2,1-5H3. The Bertz CT molecular complexity index is 1520. The number of methoxy groups -OCH3 is 2. The molecule has 2 aromatic heterocycles. The van der Waals surface area contributed by atoms with Crippen molar-refractivity contribution in [3.8, 4) is 17.0 Å². The van der Waals surface area contributed by atoms with E-state index in [1.54, 1.807) is 24.5 Å². The predicted molar refractivity (Wildman–Crippen MR) is 156 cm³/mol. The first-order valence-electron chi connectivity index (χ1n) is 12.9. The fourth-order valence-corrected chi connectivity index (χ4v) is 6.89. The molecule has 0 amide bonds. The zero-order chi connectivity index (χ0) is 27.8. The molecule has 0 atom stereocenters. The minimum absolute atomic E-state index is 0.175. The summed E-state index contributed by atoms with van der Waals surface area (Å²) in [5.41, 5.74) is 4.69. The highest BCUT2D eigenvalue weighted by molar-refractivity contribution is 7.18. The molecular formula is C29H31Cl2N3O4S. The van der Waals surface area contributed by atoms with Gasteiger partial charge in [0.1, 0.15) is 22.7 Å². The van der Waals surface area contributed by atoms with Crippen LogP contribution in [0.15, 0.2) is 28.8 Å². The third kappa shape index (κ3) is 5.40. The van der Waals surface area contributed by atoms with Crippen LogP contribution in [0.2, 0.25) is 10.0 Å². The van der Waals surface area contributed by atoms with Crippen molar-refractivity contribution in [1.29, 1.82) is 0 Å². The van der Waals surface area contributed by atoms with E-state index in [9.17, 15) is 4.79 Å². The number of carbonyl (C=O) groups is 1. The molecule has 7 nitrogen and oxygen atoms in total. The largest absolute Gasteiger partial charge is 0.494 e. The Morgan fingerprint density at radius 2 is 1.95 bits per heavy atom. The third-order valence-corrected chi connectivity index (χ3v) is 9.27. The summed E-state index contributed by atoms with van der Waals surface area (Å²) in [5.74, 6) is 1.56. The maximum absolute atomic E-state index is 12.1. The minimum atomic E-state index is -0.388. The number of halogens is 2. The number of rotatable bonds is 7. The van der Waals surface area contributed by atoms with Crippen molar-refractivity contribution in [2.24, 2.45) is 0 Å². The second-order valence-corrected chi connectivity index (χ2v) is 12.0. The Hall–Kier alpha value is -2.65. The maximum atomic E-state index is 12.1. The quantitative estimate of drug-likeness (QED) is 0.203. The van der Waals surface area contributed by atoms with E-state index in [0.29, 0.717) is 33.8 Å². The molecule has 5 rings (SSSR count). The summed E-state index contributed by atoms with van der Waals surface area (Å²) >= 11 is 14.9. The van der Waals surface area contributed by atoms with E-state index in [1.165, 1.54) is 7.11 Å². The van der Waals surface area contributed by atoms with Gasteiger partial charge in [-0.1, -0.05) is 48.3 Å². The maximum Gasteiger partial charge on any atom is 0.338 e. The van der Waals surface area contributed by atoms with E-state index >= 15 is 0 Å². The van der Waals surface area contributed by atoms with Gasteiger partial charge in [-0.15, -0.1) is 11.3 Å². The highest BCUT2D eigenvalue weighted by Crippen LogP contribution is 2.42. The van der Waals surface area contributed by atoms with E-state index in [4.69, 9.17) is 42.2 Å². The highest BCUT2D eigenvalue weighted by atomic mass is 35.5. The molecule has 1 fully saturated rings. The van der Waals surface area contributed by atoms with Gasteiger partial charge in [-0.3, -0.25) is 4.90 Å². The van der Waals surface area contributed by atoms with Crippen molar-refractivity contribution in [2.75, 3.05) is 27.3 Å². The molecule has 3 heterocycles. The number of fused-ring (bicyclic) bond motifs is 1. The summed E-state index contributed by atoms with van der Waals surface area (Å²) in [5, 5.41) is 6.68. The molecule has 0 aliphatic carbocycles. The number of carbonyl (C=O) groups excluding carboxylic acids is 1. The van der Waals surface area contributed by atoms with Crippen LogP contribution >= 0.6 is 34.5 Å². The molecule has 2 aromatic carbocycles. The van der Waals surface area contributed by atoms with Gasteiger partial charge < -0.3 is 14.0 Å². The third-order valence-electron chi connectivity index (χ3n) is 7.30. The monoisotopic (exact) mass is 587 g/mol. The van der Waals surface area contributed by atoms with Crippen LogP contribution in [-0.4, -0.2) is 48.3 Å². The summed E-state index contributed by atoms with van der Waals surface area (Å²) in [7, 11) is 2.97. The topological polar surface area (TPSA) is 77.7 Å². The van der Waals surface area contributed by atoms with Crippen molar-refractivity contribution < 1.29 is 18.8 Å². The molecule has 0 unspecified atom stereocenters. The van der Waals surface area contributed by atoms with Gasteiger partial charge in [0.05, 0.1) is 39.5 Å². The lowest BCUT2D eigenvalue weighted by atomic mass is 9.95. The van der Waals surface area contributed by atoms with Gasteiger partial charge in [-0.05, 0) is 56.6 Å². The Morgan fingerprint density at radius 1 is 1.21 bits per heavy atom.